The topological polar surface area (TPSA) is 113 Å². The van der Waals surface area contributed by atoms with Gasteiger partial charge in [0.2, 0.25) is 0 Å². The van der Waals surface area contributed by atoms with E-state index in [1.165, 1.54) is 25.3 Å². The molecule has 1 aromatic heterocycles. The number of halogens is 1. The van der Waals surface area contributed by atoms with Crippen molar-refractivity contribution in [1.82, 2.24) is 5.16 Å². The van der Waals surface area contributed by atoms with Gasteiger partial charge < -0.3 is 19.5 Å². The Morgan fingerprint density at radius 2 is 1.87 bits per heavy atom. The van der Waals surface area contributed by atoms with Crippen molar-refractivity contribution in [1.29, 1.82) is 0 Å². The van der Waals surface area contributed by atoms with Crippen LogP contribution in [-0.4, -0.2) is 34.2 Å². The second-order valence-electron chi connectivity index (χ2n) is 6.90. The number of benzene rings is 2. The van der Waals surface area contributed by atoms with Gasteiger partial charge in [0.15, 0.2) is 17.3 Å². The van der Waals surface area contributed by atoms with Crippen LogP contribution in [0.3, 0.4) is 0 Å². The highest BCUT2D eigenvalue weighted by molar-refractivity contribution is 9.10. The Bertz CT molecular complexity index is 1210. The van der Waals surface area contributed by atoms with Crippen molar-refractivity contribution < 1.29 is 29.1 Å². The normalized spacial score (nSPS) is 17.9. The summed E-state index contributed by atoms with van der Waals surface area (Å²) in [7, 11) is 1.39. The van der Waals surface area contributed by atoms with Gasteiger partial charge in [0.05, 0.1) is 18.7 Å². The molecule has 158 valence electrons. The molecule has 3 aromatic rings. The molecule has 4 rings (SSSR count). The van der Waals surface area contributed by atoms with E-state index in [4.69, 9.17) is 9.26 Å². The number of hydrogen-bond acceptors (Lipinski definition) is 7. The summed E-state index contributed by atoms with van der Waals surface area (Å²) in [6.07, 6.45) is 0. The van der Waals surface area contributed by atoms with E-state index >= 15 is 0 Å². The quantitative estimate of drug-likeness (QED) is 0.325. The highest BCUT2D eigenvalue weighted by Crippen LogP contribution is 2.43. The molecular formula is C22H17BrN2O6. The van der Waals surface area contributed by atoms with Crippen LogP contribution in [0.15, 0.2) is 63.1 Å². The predicted molar refractivity (Wildman–Crippen MR) is 115 cm³/mol. The largest absolute Gasteiger partial charge is 0.507 e. The minimum atomic E-state index is -1.01. The Morgan fingerprint density at radius 3 is 2.48 bits per heavy atom. The highest BCUT2D eigenvalue weighted by Gasteiger charge is 2.48. The molecule has 8 nitrogen and oxygen atoms in total. The smallest absolute Gasteiger partial charge is 0.301 e. The zero-order valence-corrected chi connectivity index (χ0v) is 18.1. The van der Waals surface area contributed by atoms with Crippen LogP contribution in [0.4, 0.5) is 5.82 Å². The molecule has 1 unspecified atom stereocenters. The van der Waals surface area contributed by atoms with E-state index in [-0.39, 0.29) is 28.6 Å². The number of phenols is 1. The van der Waals surface area contributed by atoms with Gasteiger partial charge in [-0.25, -0.2) is 0 Å². The summed E-state index contributed by atoms with van der Waals surface area (Å²) >= 11 is 3.33. The minimum absolute atomic E-state index is 0.103. The number of carbonyl (C=O) groups excluding carboxylic acids is 2. The summed E-state index contributed by atoms with van der Waals surface area (Å²) in [6.45, 7) is 1.66. The van der Waals surface area contributed by atoms with Crippen molar-refractivity contribution in [2.24, 2.45) is 0 Å². The number of ketones is 1. The number of Topliss-reactive ketones (excluding diaryl/α,β-unsaturated/α-hetero) is 1. The van der Waals surface area contributed by atoms with Crippen LogP contribution in [0.2, 0.25) is 0 Å². The molecule has 2 heterocycles. The number of phenolic OH excluding ortho intramolecular Hbond substituents is 1. The third kappa shape index (κ3) is 3.57. The van der Waals surface area contributed by atoms with E-state index in [0.717, 1.165) is 9.37 Å². The van der Waals surface area contributed by atoms with Gasteiger partial charge in [-0.3, -0.25) is 14.5 Å². The van der Waals surface area contributed by atoms with Crippen molar-refractivity contribution in [3.05, 3.63) is 75.5 Å². The summed E-state index contributed by atoms with van der Waals surface area (Å²) in [5.41, 5.74) is 0.696. The lowest BCUT2D eigenvalue weighted by atomic mass is 9.95. The van der Waals surface area contributed by atoms with Crippen molar-refractivity contribution in [3.8, 4) is 11.5 Å². The molecule has 0 spiro atoms. The maximum Gasteiger partial charge on any atom is 0.301 e. The van der Waals surface area contributed by atoms with Crippen LogP contribution in [0.1, 0.15) is 22.9 Å². The van der Waals surface area contributed by atoms with Gasteiger partial charge >= 0.3 is 5.91 Å². The first-order chi connectivity index (χ1) is 14.8. The zero-order valence-electron chi connectivity index (χ0n) is 16.5. The van der Waals surface area contributed by atoms with Gasteiger partial charge in [0, 0.05) is 16.1 Å². The van der Waals surface area contributed by atoms with Gasteiger partial charge in [0.25, 0.3) is 5.78 Å². The lowest BCUT2D eigenvalue weighted by molar-refractivity contribution is -0.132. The van der Waals surface area contributed by atoms with Crippen LogP contribution >= 0.6 is 15.9 Å². The molecule has 0 saturated carbocycles. The number of ether oxygens (including phenoxy) is 1. The average molecular weight is 485 g/mol. The van der Waals surface area contributed by atoms with E-state index < -0.39 is 17.7 Å². The van der Waals surface area contributed by atoms with E-state index in [9.17, 15) is 19.8 Å². The Kier molecular flexibility index (Phi) is 5.28. The second kappa shape index (κ2) is 7.92. The predicted octanol–water partition coefficient (Wildman–Crippen LogP) is 4.09. The van der Waals surface area contributed by atoms with Crippen molar-refractivity contribution in [2.45, 2.75) is 13.0 Å². The molecule has 1 aliphatic heterocycles. The van der Waals surface area contributed by atoms with Gasteiger partial charge in [-0.1, -0.05) is 39.3 Å². The number of methoxy groups -OCH3 is 1. The van der Waals surface area contributed by atoms with E-state index in [2.05, 4.69) is 21.1 Å². The Hall–Kier alpha value is -3.59. The number of anilines is 1. The fourth-order valence-corrected chi connectivity index (χ4v) is 3.74. The molecule has 9 heteroatoms. The second-order valence-corrected chi connectivity index (χ2v) is 7.82. The highest BCUT2D eigenvalue weighted by atomic mass is 79.9. The summed E-state index contributed by atoms with van der Waals surface area (Å²) in [6, 6.07) is 11.6. The third-order valence-corrected chi connectivity index (χ3v) is 5.47. The fourth-order valence-electron chi connectivity index (χ4n) is 3.48. The number of aliphatic hydroxyl groups is 1. The van der Waals surface area contributed by atoms with Crippen molar-refractivity contribution in [2.75, 3.05) is 12.0 Å². The maximum atomic E-state index is 13.0. The monoisotopic (exact) mass is 484 g/mol. The number of aromatic nitrogens is 1. The number of carbonyl (C=O) groups is 2. The molecule has 0 bridgehead atoms. The minimum Gasteiger partial charge on any atom is -0.507 e. The molecule has 2 aromatic carbocycles. The Morgan fingerprint density at radius 1 is 1.16 bits per heavy atom. The van der Waals surface area contributed by atoms with Crippen LogP contribution in [0, 0.1) is 6.92 Å². The zero-order chi connectivity index (χ0) is 22.3. The van der Waals surface area contributed by atoms with Crippen LogP contribution in [0.5, 0.6) is 11.5 Å². The summed E-state index contributed by atoms with van der Waals surface area (Å²) < 4.78 is 11.1. The van der Waals surface area contributed by atoms with Crippen molar-refractivity contribution >= 4 is 39.2 Å². The molecule has 1 atom stereocenters. The molecule has 0 aliphatic carbocycles. The van der Waals surface area contributed by atoms with E-state index in [1.807, 2.05) is 0 Å². The Labute approximate surface area is 185 Å². The van der Waals surface area contributed by atoms with E-state index in [1.54, 1.807) is 37.3 Å². The van der Waals surface area contributed by atoms with Crippen LogP contribution < -0.4 is 9.64 Å². The number of aliphatic hydroxyl groups excluding tert-OH is 1. The number of hydrogen-bond donors (Lipinski definition) is 2. The summed E-state index contributed by atoms with van der Waals surface area (Å²) in [4.78, 5) is 27.2. The molecule has 31 heavy (non-hydrogen) atoms. The maximum absolute atomic E-state index is 13.0. The fraction of sp³-hybridized carbons (Fsp3) is 0.136. The molecule has 1 amide bonds. The SMILES string of the molecule is COc1cc(C2C(=C(O)c3ccc(Br)cc3)C(=O)C(=O)N2c2cc(C)on2)ccc1O. The standard InChI is InChI=1S/C22H17BrN2O6/c1-11-9-17(24-31-11)25-19(13-5-8-15(26)16(10-13)30-2)18(21(28)22(25)29)20(27)12-3-6-14(23)7-4-12/h3-10,19,26-27H,1-2H3. The molecule has 0 radical (unpaired) electrons. The molecule has 1 fully saturated rings. The first-order valence-electron chi connectivity index (χ1n) is 9.19. The van der Waals surface area contributed by atoms with Gasteiger partial charge in [-0.2, -0.15) is 0 Å². The number of aromatic hydroxyl groups is 1. The van der Waals surface area contributed by atoms with Crippen molar-refractivity contribution in [3.63, 3.8) is 0 Å². The lowest BCUT2D eigenvalue weighted by Gasteiger charge is -2.23. The molecule has 1 aliphatic rings. The number of rotatable bonds is 4. The summed E-state index contributed by atoms with van der Waals surface area (Å²) in [5, 5.41) is 24.9. The molecular weight excluding hydrogens is 468 g/mol. The van der Waals surface area contributed by atoms with Crippen LogP contribution in [-0.2, 0) is 9.59 Å². The van der Waals surface area contributed by atoms with Gasteiger partial charge in [-0.05, 0) is 36.8 Å². The first-order valence-corrected chi connectivity index (χ1v) is 9.98. The van der Waals surface area contributed by atoms with Gasteiger partial charge in [0.1, 0.15) is 11.5 Å². The number of aryl methyl sites for hydroxylation is 1. The summed E-state index contributed by atoms with van der Waals surface area (Å²) in [5.74, 6) is -1.41. The lowest BCUT2D eigenvalue weighted by Crippen LogP contribution is -2.29. The van der Waals surface area contributed by atoms with E-state index in [0.29, 0.717) is 16.9 Å². The Balaban J connectivity index is 1.96. The first kappa shape index (κ1) is 20.7. The third-order valence-electron chi connectivity index (χ3n) is 4.94. The average Bonchev–Trinajstić information content (AvgIpc) is 3.29. The van der Waals surface area contributed by atoms with Gasteiger partial charge in [-0.15, -0.1) is 0 Å². The number of amides is 1. The molecule has 2 N–H and O–H groups in total. The number of nitrogens with zero attached hydrogens (tertiary/aromatic N) is 2. The molecule has 1 saturated heterocycles. The van der Waals surface area contributed by atoms with Crippen LogP contribution in [0.25, 0.3) is 5.76 Å².